The quantitative estimate of drug-likeness (QED) is 0.544. The topological polar surface area (TPSA) is 63.3 Å². The molecule has 0 aliphatic rings. The molecule has 0 aromatic rings. The van der Waals surface area contributed by atoms with E-state index in [9.17, 15) is 4.79 Å². The number of rotatable bonds is 3. The predicted molar refractivity (Wildman–Crippen MR) is 34.9 cm³/mol. The first-order chi connectivity index (χ1) is 4.09. The summed E-state index contributed by atoms with van der Waals surface area (Å²) in [7, 11) is 0. The number of Topliss-reactive ketones (excluding diaryl/α,β-unsaturated/α-hetero) is 1. The van der Waals surface area contributed by atoms with Crippen molar-refractivity contribution in [2.24, 2.45) is 11.7 Å². The van der Waals surface area contributed by atoms with E-state index in [1.165, 1.54) is 6.92 Å². The maximum absolute atomic E-state index is 10.5. The molecular weight excluding hydrogens is 118 g/mol. The fourth-order valence-corrected chi connectivity index (χ4v) is 0.514. The molecule has 0 fully saturated rings. The Kier molecular flexibility index (Phi) is 3.42. The van der Waals surface area contributed by atoms with Crippen LogP contribution in [0.15, 0.2) is 0 Å². The number of nitrogens with two attached hydrogens (primary N) is 1. The second kappa shape index (κ2) is 3.58. The number of aliphatic hydroxyl groups excluding tert-OH is 1. The molecule has 0 aromatic carbocycles. The van der Waals surface area contributed by atoms with E-state index in [4.69, 9.17) is 10.8 Å². The Morgan fingerprint density at radius 3 is 2.33 bits per heavy atom. The highest BCUT2D eigenvalue weighted by Gasteiger charge is 2.15. The molecule has 0 aliphatic carbocycles. The number of aliphatic hydroxyl groups is 1. The predicted octanol–water partition coefficient (Wildman–Crippen LogP) is -0.469. The van der Waals surface area contributed by atoms with Crippen molar-refractivity contribution in [3.05, 3.63) is 0 Å². The van der Waals surface area contributed by atoms with Gasteiger partial charge in [0.15, 0.2) is 0 Å². The van der Waals surface area contributed by atoms with Crippen LogP contribution in [0, 0.1) is 5.92 Å². The van der Waals surface area contributed by atoms with Gasteiger partial charge in [0.2, 0.25) is 0 Å². The van der Waals surface area contributed by atoms with E-state index < -0.39 is 6.04 Å². The van der Waals surface area contributed by atoms with E-state index in [2.05, 4.69) is 0 Å². The van der Waals surface area contributed by atoms with Crippen LogP contribution in [0.1, 0.15) is 13.8 Å². The minimum atomic E-state index is -0.505. The molecule has 0 amide bonds. The van der Waals surface area contributed by atoms with Crippen LogP contribution in [-0.4, -0.2) is 23.5 Å². The molecule has 0 heterocycles. The SMILES string of the molecule is CC(=O)C(N)C(C)CO. The van der Waals surface area contributed by atoms with Crippen molar-refractivity contribution in [3.63, 3.8) is 0 Å². The maximum Gasteiger partial charge on any atom is 0.146 e. The van der Waals surface area contributed by atoms with Crippen LogP contribution in [0.3, 0.4) is 0 Å². The molecule has 3 nitrogen and oxygen atoms in total. The summed E-state index contributed by atoms with van der Waals surface area (Å²) in [4.78, 5) is 10.5. The molecular formula is C6H13NO2. The fraction of sp³-hybridized carbons (Fsp3) is 0.833. The molecule has 3 N–H and O–H groups in total. The normalized spacial score (nSPS) is 16.9. The van der Waals surface area contributed by atoms with Gasteiger partial charge in [-0.2, -0.15) is 0 Å². The average molecular weight is 131 g/mol. The summed E-state index contributed by atoms with van der Waals surface area (Å²) in [5, 5.41) is 8.52. The van der Waals surface area contributed by atoms with Gasteiger partial charge in [0.25, 0.3) is 0 Å². The van der Waals surface area contributed by atoms with Crippen molar-refractivity contribution in [1.82, 2.24) is 0 Å². The van der Waals surface area contributed by atoms with Crippen molar-refractivity contribution in [2.75, 3.05) is 6.61 Å². The minimum absolute atomic E-state index is 0.0270. The zero-order valence-corrected chi connectivity index (χ0v) is 5.79. The highest BCUT2D eigenvalue weighted by Crippen LogP contribution is 1.98. The Labute approximate surface area is 54.9 Å². The Bertz CT molecular complexity index is 103. The van der Waals surface area contributed by atoms with E-state index in [0.29, 0.717) is 0 Å². The van der Waals surface area contributed by atoms with Gasteiger partial charge in [0.05, 0.1) is 6.04 Å². The van der Waals surface area contributed by atoms with E-state index >= 15 is 0 Å². The minimum Gasteiger partial charge on any atom is -0.396 e. The van der Waals surface area contributed by atoms with Crippen LogP contribution in [-0.2, 0) is 4.79 Å². The number of carbonyl (C=O) groups is 1. The van der Waals surface area contributed by atoms with E-state index in [-0.39, 0.29) is 18.3 Å². The lowest BCUT2D eigenvalue weighted by Gasteiger charge is -2.12. The Hall–Kier alpha value is -0.410. The Balaban J connectivity index is 3.72. The molecule has 2 unspecified atom stereocenters. The van der Waals surface area contributed by atoms with Gasteiger partial charge in [0.1, 0.15) is 5.78 Å². The van der Waals surface area contributed by atoms with Crippen LogP contribution in [0.25, 0.3) is 0 Å². The molecule has 2 atom stereocenters. The summed E-state index contributed by atoms with van der Waals surface area (Å²) in [5.74, 6) is -0.195. The number of carbonyl (C=O) groups excluding carboxylic acids is 1. The lowest BCUT2D eigenvalue weighted by Crippen LogP contribution is -2.36. The molecule has 0 aliphatic heterocycles. The second-order valence-electron chi connectivity index (χ2n) is 2.30. The lowest BCUT2D eigenvalue weighted by atomic mass is 10.0. The van der Waals surface area contributed by atoms with Crippen molar-refractivity contribution in [3.8, 4) is 0 Å². The van der Waals surface area contributed by atoms with Crippen LogP contribution in [0.5, 0.6) is 0 Å². The van der Waals surface area contributed by atoms with Crippen molar-refractivity contribution >= 4 is 5.78 Å². The molecule has 0 saturated carbocycles. The van der Waals surface area contributed by atoms with Gasteiger partial charge >= 0.3 is 0 Å². The van der Waals surface area contributed by atoms with Gasteiger partial charge in [-0.1, -0.05) is 6.92 Å². The Morgan fingerprint density at radius 2 is 2.22 bits per heavy atom. The van der Waals surface area contributed by atoms with Crippen molar-refractivity contribution < 1.29 is 9.90 Å². The molecule has 0 radical (unpaired) electrons. The van der Waals surface area contributed by atoms with Gasteiger partial charge in [0, 0.05) is 12.5 Å². The first-order valence-electron chi connectivity index (χ1n) is 2.96. The van der Waals surface area contributed by atoms with Gasteiger partial charge in [-0.15, -0.1) is 0 Å². The van der Waals surface area contributed by atoms with Crippen LogP contribution in [0.2, 0.25) is 0 Å². The summed E-state index contributed by atoms with van der Waals surface area (Å²) in [6, 6.07) is -0.505. The highest BCUT2D eigenvalue weighted by molar-refractivity contribution is 5.81. The fourth-order valence-electron chi connectivity index (χ4n) is 0.514. The maximum atomic E-state index is 10.5. The number of hydrogen-bond acceptors (Lipinski definition) is 3. The first-order valence-corrected chi connectivity index (χ1v) is 2.96. The van der Waals surface area contributed by atoms with Gasteiger partial charge < -0.3 is 10.8 Å². The standard InChI is InChI=1S/C6H13NO2/c1-4(3-8)6(7)5(2)9/h4,6,8H,3,7H2,1-2H3. The third kappa shape index (κ3) is 2.58. The van der Waals surface area contributed by atoms with Crippen LogP contribution >= 0.6 is 0 Å². The summed E-state index contributed by atoms with van der Waals surface area (Å²) in [6.45, 7) is 3.14. The molecule has 3 heteroatoms. The average Bonchev–Trinajstić information content (AvgIpc) is 1.84. The lowest BCUT2D eigenvalue weighted by molar-refractivity contribution is -0.119. The Morgan fingerprint density at radius 1 is 1.78 bits per heavy atom. The molecule has 0 aromatic heterocycles. The third-order valence-electron chi connectivity index (χ3n) is 1.37. The summed E-state index contributed by atoms with van der Waals surface area (Å²) >= 11 is 0. The number of hydrogen-bond donors (Lipinski definition) is 2. The highest BCUT2D eigenvalue weighted by atomic mass is 16.3. The zero-order chi connectivity index (χ0) is 7.44. The smallest absolute Gasteiger partial charge is 0.146 e. The van der Waals surface area contributed by atoms with Gasteiger partial charge in [-0.25, -0.2) is 0 Å². The van der Waals surface area contributed by atoms with Crippen LogP contribution in [0.4, 0.5) is 0 Å². The van der Waals surface area contributed by atoms with Gasteiger partial charge in [-0.05, 0) is 6.92 Å². The monoisotopic (exact) mass is 131 g/mol. The molecule has 0 bridgehead atoms. The summed E-state index contributed by atoms with van der Waals surface area (Å²) in [6.07, 6.45) is 0. The van der Waals surface area contributed by atoms with E-state index in [1.54, 1.807) is 6.92 Å². The first kappa shape index (κ1) is 8.59. The molecule has 0 saturated heterocycles. The second-order valence-corrected chi connectivity index (χ2v) is 2.30. The van der Waals surface area contributed by atoms with Gasteiger partial charge in [-0.3, -0.25) is 4.79 Å². The summed E-state index contributed by atoms with van der Waals surface area (Å²) < 4.78 is 0. The van der Waals surface area contributed by atoms with E-state index in [1.807, 2.05) is 0 Å². The molecule has 9 heavy (non-hydrogen) atoms. The molecule has 54 valence electrons. The number of ketones is 1. The molecule has 0 rings (SSSR count). The van der Waals surface area contributed by atoms with Crippen molar-refractivity contribution in [2.45, 2.75) is 19.9 Å². The van der Waals surface area contributed by atoms with E-state index in [0.717, 1.165) is 0 Å². The van der Waals surface area contributed by atoms with Crippen LogP contribution < -0.4 is 5.73 Å². The molecule has 0 spiro atoms. The summed E-state index contributed by atoms with van der Waals surface area (Å²) in [5.41, 5.74) is 5.36. The largest absolute Gasteiger partial charge is 0.396 e. The third-order valence-corrected chi connectivity index (χ3v) is 1.37. The zero-order valence-electron chi connectivity index (χ0n) is 5.79. The van der Waals surface area contributed by atoms with Crippen molar-refractivity contribution in [1.29, 1.82) is 0 Å².